The molecule has 0 atom stereocenters. The fourth-order valence-electron chi connectivity index (χ4n) is 4.39. The van der Waals surface area contributed by atoms with Crippen LogP contribution in [-0.2, 0) is 13.0 Å². The number of aromatic nitrogens is 1. The van der Waals surface area contributed by atoms with E-state index in [-0.39, 0.29) is 0 Å². The van der Waals surface area contributed by atoms with Crippen LogP contribution in [0.15, 0.2) is 53.9 Å². The SMILES string of the molecule is Cc1ccc2c(c1)c1c(n2-c2ccccc2-c2sccc2C)CCN(C)C1. The topological polar surface area (TPSA) is 8.17 Å². The van der Waals surface area contributed by atoms with Crippen LogP contribution in [0, 0.1) is 13.8 Å². The monoisotopic (exact) mass is 372 g/mol. The summed E-state index contributed by atoms with van der Waals surface area (Å²) in [6, 6.07) is 18.0. The van der Waals surface area contributed by atoms with Gasteiger partial charge in [-0.1, -0.05) is 29.8 Å². The minimum atomic E-state index is 1.03. The summed E-state index contributed by atoms with van der Waals surface area (Å²) in [6.07, 6.45) is 1.09. The van der Waals surface area contributed by atoms with Crippen molar-refractivity contribution in [2.75, 3.05) is 13.6 Å². The van der Waals surface area contributed by atoms with Gasteiger partial charge in [-0.25, -0.2) is 0 Å². The van der Waals surface area contributed by atoms with Crippen molar-refractivity contribution in [2.45, 2.75) is 26.8 Å². The van der Waals surface area contributed by atoms with Crippen molar-refractivity contribution >= 4 is 22.2 Å². The lowest BCUT2D eigenvalue weighted by Crippen LogP contribution is -2.27. The molecule has 2 aromatic heterocycles. The van der Waals surface area contributed by atoms with Crippen molar-refractivity contribution in [1.29, 1.82) is 0 Å². The molecule has 3 heteroatoms. The van der Waals surface area contributed by atoms with E-state index in [1.54, 1.807) is 0 Å². The molecule has 0 amide bonds. The van der Waals surface area contributed by atoms with E-state index < -0.39 is 0 Å². The number of rotatable bonds is 2. The second-order valence-electron chi connectivity index (χ2n) is 7.72. The van der Waals surface area contributed by atoms with Crippen LogP contribution in [0.25, 0.3) is 27.0 Å². The van der Waals surface area contributed by atoms with Crippen molar-refractivity contribution in [3.63, 3.8) is 0 Å². The molecule has 0 saturated carbocycles. The van der Waals surface area contributed by atoms with Gasteiger partial charge in [0.2, 0.25) is 0 Å². The first-order chi connectivity index (χ1) is 13.1. The molecule has 136 valence electrons. The highest BCUT2D eigenvalue weighted by Crippen LogP contribution is 2.39. The minimum absolute atomic E-state index is 1.03. The summed E-state index contributed by atoms with van der Waals surface area (Å²) < 4.78 is 2.53. The van der Waals surface area contributed by atoms with Crippen LogP contribution in [0.2, 0.25) is 0 Å². The average molecular weight is 373 g/mol. The van der Waals surface area contributed by atoms with Gasteiger partial charge in [0.05, 0.1) is 11.2 Å². The van der Waals surface area contributed by atoms with Gasteiger partial charge < -0.3 is 9.47 Å². The number of fused-ring (bicyclic) bond motifs is 3. The van der Waals surface area contributed by atoms with Crippen molar-refractivity contribution in [2.24, 2.45) is 0 Å². The van der Waals surface area contributed by atoms with Crippen LogP contribution < -0.4 is 0 Å². The molecule has 2 nitrogen and oxygen atoms in total. The van der Waals surface area contributed by atoms with Gasteiger partial charge in [-0.15, -0.1) is 11.3 Å². The van der Waals surface area contributed by atoms with Crippen molar-refractivity contribution in [1.82, 2.24) is 9.47 Å². The van der Waals surface area contributed by atoms with E-state index in [2.05, 4.69) is 84.3 Å². The Morgan fingerprint density at radius 2 is 1.85 bits per heavy atom. The average Bonchev–Trinajstić information content (AvgIpc) is 3.22. The maximum Gasteiger partial charge on any atom is 0.0545 e. The number of nitrogens with zero attached hydrogens (tertiary/aromatic N) is 2. The highest BCUT2D eigenvalue weighted by atomic mass is 32.1. The second kappa shape index (κ2) is 6.36. The Labute approximate surface area is 164 Å². The van der Waals surface area contributed by atoms with E-state index in [1.807, 2.05) is 11.3 Å². The van der Waals surface area contributed by atoms with Gasteiger partial charge in [0.25, 0.3) is 0 Å². The van der Waals surface area contributed by atoms with E-state index in [0.717, 1.165) is 19.5 Å². The molecule has 1 aliphatic rings. The van der Waals surface area contributed by atoms with Gasteiger partial charge in [0.1, 0.15) is 0 Å². The fourth-order valence-corrected chi connectivity index (χ4v) is 5.35. The third-order valence-corrected chi connectivity index (χ3v) is 6.80. The molecule has 0 spiro atoms. The van der Waals surface area contributed by atoms with E-state index in [4.69, 9.17) is 0 Å². The second-order valence-corrected chi connectivity index (χ2v) is 8.64. The third kappa shape index (κ3) is 2.65. The summed E-state index contributed by atoms with van der Waals surface area (Å²) in [4.78, 5) is 3.81. The highest BCUT2D eigenvalue weighted by Gasteiger charge is 2.24. The number of hydrogen-bond acceptors (Lipinski definition) is 2. The number of thiophene rings is 1. The first kappa shape index (κ1) is 16.8. The Balaban J connectivity index is 1.84. The molecule has 2 aromatic carbocycles. The third-order valence-electron chi connectivity index (χ3n) is 5.75. The summed E-state index contributed by atoms with van der Waals surface area (Å²) in [6.45, 7) is 6.55. The van der Waals surface area contributed by atoms with E-state index in [1.165, 1.54) is 49.4 Å². The molecule has 3 heterocycles. The maximum absolute atomic E-state index is 2.53. The van der Waals surface area contributed by atoms with Crippen LogP contribution in [-0.4, -0.2) is 23.1 Å². The van der Waals surface area contributed by atoms with Gasteiger partial charge in [-0.3, -0.25) is 0 Å². The Morgan fingerprint density at radius 3 is 2.67 bits per heavy atom. The smallest absolute Gasteiger partial charge is 0.0545 e. The zero-order chi connectivity index (χ0) is 18.5. The molecule has 5 rings (SSSR count). The lowest BCUT2D eigenvalue weighted by atomic mass is 10.0. The predicted molar refractivity (Wildman–Crippen MR) is 116 cm³/mol. The first-order valence-electron chi connectivity index (χ1n) is 9.58. The number of hydrogen-bond donors (Lipinski definition) is 0. The molecule has 0 aliphatic carbocycles. The molecular formula is C24H24N2S. The van der Waals surface area contributed by atoms with Crippen LogP contribution in [0.1, 0.15) is 22.4 Å². The summed E-state index contributed by atoms with van der Waals surface area (Å²) in [5.41, 5.74) is 9.65. The zero-order valence-electron chi connectivity index (χ0n) is 16.1. The van der Waals surface area contributed by atoms with Gasteiger partial charge in [0.15, 0.2) is 0 Å². The van der Waals surface area contributed by atoms with Crippen LogP contribution in [0.4, 0.5) is 0 Å². The van der Waals surface area contributed by atoms with Crippen molar-refractivity contribution < 1.29 is 0 Å². The Morgan fingerprint density at radius 1 is 1.00 bits per heavy atom. The summed E-state index contributed by atoms with van der Waals surface area (Å²) in [5.74, 6) is 0. The fraction of sp³-hybridized carbons (Fsp3) is 0.250. The van der Waals surface area contributed by atoms with E-state index >= 15 is 0 Å². The maximum atomic E-state index is 2.53. The van der Waals surface area contributed by atoms with E-state index in [0.29, 0.717) is 0 Å². The first-order valence-corrected chi connectivity index (χ1v) is 10.5. The van der Waals surface area contributed by atoms with Crippen LogP contribution >= 0.6 is 11.3 Å². The molecule has 0 N–H and O–H groups in total. The molecule has 1 aliphatic heterocycles. The quantitative estimate of drug-likeness (QED) is 0.421. The van der Waals surface area contributed by atoms with Crippen molar-refractivity contribution in [3.8, 4) is 16.1 Å². The number of aryl methyl sites for hydroxylation is 2. The minimum Gasteiger partial charge on any atom is -0.313 e. The number of benzene rings is 2. The Bertz CT molecular complexity index is 1150. The lowest BCUT2D eigenvalue weighted by Gasteiger charge is -2.25. The molecule has 0 fully saturated rings. The van der Waals surface area contributed by atoms with Crippen LogP contribution in [0.5, 0.6) is 0 Å². The largest absolute Gasteiger partial charge is 0.313 e. The molecule has 0 unspecified atom stereocenters. The Hall–Kier alpha value is -2.36. The standard InChI is InChI=1S/C24H24N2S/c1-16-8-9-22-19(14-16)20-15-25(3)12-10-23(20)26(22)21-7-5-4-6-18(21)24-17(2)11-13-27-24/h4-9,11,13-14H,10,12,15H2,1-3H3. The van der Waals surface area contributed by atoms with Gasteiger partial charge in [0, 0.05) is 41.0 Å². The molecule has 0 radical (unpaired) electrons. The summed E-state index contributed by atoms with van der Waals surface area (Å²) in [7, 11) is 2.23. The van der Waals surface area contributed by atoms with Gasteiger partial charge in [-0.05, 0) is 61.7 Å². The number of likely N-dealkylation sites (N-methyl/N-ethyl adjacent to an activating group) is 1. The summed E-state index contributed by atoms with van der Waals surface area (Å²) in [5, 5.41) is 3.61. The molecule has 0 saturated heterocycles. The molecular weight excluding hydrogens is 348 g/mol. The van der Waals surface area contributed by atoms with Gasteiger partial charge >= 0.3 is 0 Å². The molecule has 0 bridgehead atoms. The van der Waals surface area contributed by atoms with Crippen LogP contribution in [0.3, 0.4) is 0 Å². The van der Waals surface area contributed by atoms with Crippen molar-refractivity contribution in [3.05, 3.63) is 76.3 Å². The lowest BCUT2D eigenvalue weighted by molar-refractivity contribution is 0.311. The Kier molecular flexibility index (Phi) is 3.96. The molecule has 4 aromatic rings. The summed E-state index contributed by atoms with van der Waals surface area (Å²) >= 11 is 1.84. The highest BCUT2D eigenvalue weighted by molar-refractivity contribution is 7.13. The normalized spacial score (nSPS) is 14.6. The molecule has 27 heavy (non-hydrogen) atoms. The van der Waals surface area contributed by atoms with E-state index in [9.17, 15) is 0 Å². The number of para-hydroxylation sites is 1. The van der Waals surface area contributed by atoms with Gasteiger partial charge in [-0.2, -0.15) is 0 Å². The predicted octanol–water partition coefficient (Wildman–Crippen LogP) is 5.96. The zero-order valence-corrected chi connectivity index (χ0v) is 16.9.